The molecule has 0 saturated carbocycles. The van der Waals surface area contributed by atoms with Gasteiger partial charge >= 0.3 is 0 Å². The molecule has 0 fully saturated rings. The van der Waals surface area contributed by atoms with E-state index in [1.807, 2.05) is 62.4 Å². The van der Waals surface area contributed by atoms with Gasteiger partial charge in [0.1, 0.15) is 0 Å². The van der Waals surface area contributed by atoms with E-state index in [4.69, 9.17) is 4.74 Å². The second kappa shape index (κ2) is 20.2. The van der Waals surface area contributed by atoms with Crippen molar-refractivity contribution in [2.24, 2.45) is 4.99 Å². The van der Waals surface area contributed by atoms with E-state index in [9.17, 15) is 4.79 Å². The molecule has 0 saturated heterocycles. The van der Waals surface area contributed by atoms with E-state index in [0.29, 0.717) is 5.96 Å². The van der Waals surface area contributed by atoms with Gasteiger partial charge in [-0.3, -0.25) is 15.1 Å². The predicted molar refractivity (Wildman–Crippen MR) is 118 cm³/mol. The molecule has 5 nitrogen and oxygen atoms in total. The van der Waals surface area contributed by atoms with Gasteiger partial charge in [-0.25, -0.2) is 0 Å². The van der Waals surface area contributed by atoms with E-state index in [-0.39, 0.29) is 8.76 Å². The van der Waals surface area contributed by atoms with Gasteiger partial charge in [-0.2, -0.15) is 0 Å². The molecule has 0 spiro atoms. The van der Waals surface area contributed by atoms with Crippen LogP contribution in [-0.4, -0.2) is 25.5 Å². The summed E-state index contributed by atoms with van der Waals surface area (Å²) in [7, 11) is 1.61. The number of carbonyl (C=O) groups excluding carboxylic acids is 1. The number of nitrogens with zero attached hydrogens (tertiary/aromatic N) is 1. The second-order valence-electron chi connectivity index (χ2n) is 4.85. The molecule has 0 heterocycles. The van der Waals surface area contributed by atoms with E-state index >= 15 is 0 Å². The number of ether oxygens (including phenoxy) is 1. The third-order valence-electron chi connectivity index (χ3n) is 2.44. The number of rotatable bonds is 5. The number of aliphatic imine (C=N–C) groups is 1. The largest absolute Gasteiger partial charge is 0.502 e. The van der Waals surface area contributed by atoms with Gasteiger partial charge in [-0.15, -0.1) is 0 Å². The fraction of sp³-hybridized carbons (Fsp3) is 0.333. The average Bonchev–Trinajstić information content (AvgIpc) is 2.64. The summed E-state index contributed by atoms with van der Waals surface area (Å²) >= 11 is 0. The highest BCUT2D eigenvalue weighted by Crippen LogP contribution is 2.03. The van der Waals surface area contributed by atoms with E-state index in [0.717, 1.165) is 18.7 Å². The number of benzene rings is 1. The molecule has 0 bridgehead atoms. The van der Waals surface area contributed by atoms with Gasteiger partial charge in [-0.05, 0) is 32.4 Å². The third-order valence-corrected chi connectivity index (χ3v) is 2.44. The van der Waals surface area contributed by atoms with Gasteiger partial charge < -0.3 is 10.1 Å². The van der Waals surface area contributed by atoms with Crippen LogP contribution < -0.4 is 10.6 Å². The van der Waals surface area contributed by atoms with Crippen LogP contribution in [0.15, 0.2) is 72.5 Å². The lowest BCUT2D eigenvalue weighted by Crippen LogP contribution is -2.34. The molecule has 2 N–H and O–H groups in total. The van der Waals surface area contributed by atoms with Crippen LogP contribution in [0.3, 0.4) is 0 Å². The smallest absolute Gasteiger partial charge is 0.223 e. The normalized spacial score (nSPS) is 10.3. The molecule has 0 unspecified atom stereocenters. The number of hydrogen-bond donors (Lipinski definition) is 2. The van der Waals surface area contributed by atoms with Gasteiger partial charge in [0.2, 0.25) is 11.9 Å². The minimum absolute atomic E-state index is 0. The van der Waals surface area contributed by atoms with Crippen LogP contribution in [0, 0.1) is 0 Å². The molecule has 0 aliphatic heterocycles. The molecule has 1 aromatic rings. The molecular weight excluding hydrogens is 326 g/mol. The van der Waals surface area contributed by atoms with E-state index < -0.39 is 0 Å². The highest BCUT2D eigenvalue weighted by molar-refractivity contribution is 6.03. The molecule has 1 rings (SSSR count). The molecule has 0 radical (unpaired) electrons. The van der Waals surface area contributed by atoms with Crippen LogP contribution in [0.1, 0.15) is 37.0 Å². The van der Waals surface area contributed by atoms with Crippen molar-refractivity contribution in [3.8, 4) is 0 Å². The van der Waals surface area contributed by atoms with Crippen LogP contribution in [0.4, 0.5) is 5.69 Å². The Kier molecular flexibility index (Phi) is 19.8. The average molecular weight is 364 g/mol. The van der Waals surface area contributed by atoms with Gasteiger partial charge in [0.05, 0.1) is 12.9 Å². The zero-order chi connectivity index (χ0) is 20.0. The number of allylic oxidation sites excluding steroid dienone is 4. The lowest BCUT2D eigenvalue weighted by molar-refractivity contribution is -0.117. The fourth-order valence-corrected chi connectivity index (χ4v) is 1.39. The Labute approximate surface area is 161 Å². The Hall–Kier alpha value is -2.82. The number of nitrogens with one attached hydrogen (secondary N) is 2. The summed E-state index contributed by atoms with van der Waals surface area (Å²) in [4.78, 5) is 14.7. The highest BCUT2D eigenvalue weighted by Gasteiger charge is 1.99. The number of guanidine groups is 1. The summed E-state index contributed by atoms with van der Waals surface area (Å²) in [6, 6.07) is 9.53. The van der Waals surface area contributed by atoms with E-state index in [1.165, 1.54) is 6.92 Å². The zero-order valence-corrected chi connectivity index (χ0v) is 16.7. The zero-order valence-electron chi connectivity index (χ0n) is 16.7. The fourth-order valence-electron chi connectivity index (χ4n) is 1.39. The van der Waals surface area contributed by atoms with Crippen LogP contribution in [0.2, 0.25) is 0 Å². The maximum absolute atomic E-state index is 10.8. The lowest BCUT2D eigenvalue weighted by Gasteiger charge is -2.08. The van der Waals surface area contributed by atoms with Crippen LogP contribution >= 0.6 is 0 Å². The first-order chi connectivity index (χ1) is 12.5. The Morgan fingerprint density at radius 1 is 1.27 bits per heavy atom. The summed E-state index contributed by atoms with van der Waals surface area (Å²) in [5, 5.41) is 5.56. The van der Waals surface area contributed by atoms with Gasteiger partial charge in [-0.1, -0.05) is 56.0 Å². The van der Waals surface area contributed by atoms with Crippen LogP contribution in [0.25, 0.3) is 0 Å². The van der Waals surface area contributed by atoms with Crippen molar-refractivity contribution in [2.75, 3.05) is 19.0 Å². The first kappa shape index (κ1) is 25.4. The monoisotopic (exact) mass is 363 g/mol. The lowest BCUT2D eigenvalue weighted by atomic mass is 10.3. The van der Waals surface area contributed by atoms with E-state index in [1.54, 1.807) is 19.4 Å². The molecule has 1 amide bonds. The van der Waals surface area contributed by atoms with Crippen molar-refractivity contribution in [3.05, 3.63) is 67.5 Å². The van der Waals surface area contributed by atoms with Gasteiger partial charge in [0.25, 0.3) is 0 Å². The number of carbonyl (C=O) groups is 1. The first-order valence-electron chi connectivity index (χ1n) is 8.58. The third kappa shape index (κ3) is 19.2. The van der Waals surface area contributed by atoms with Gasteiger partial charge in [0.15, 0.2) is 0 Å². The molecule has 0 aliphatic carbocycles. The first-order valence-corrected chi connectivity index (χ1v) is 8.58. The van der Waals surface area contributed by atoms with Crippen molar-refractivity contribution in [2.45, 2.75) is 34.1 Å². The predicted octanol–water partition coefficient (Wildman–Crippen LogP) is 5.41. The summed E-state index contributed by atoms with van der Waals surface area (Å²) < 4.78 is 4.95. The van der Waals surface area contributed by atoms with Crippen molar-refractivity contribution in [1.29, 1.82) is 0 Å². The SMILES string of the molecule is C/C=C/OCCC.C=C/C=C\C.CN=C(NC(C)=O)Nc1ccccc1.[HH].[HH]. The molecule has 26 heavy (non-hydrogen) atoms. The number of anilines is 1. The maximum atomic E-state index is 10.8. The molecular formula is C21H37N3O2. The topological polar surface area (TPSA) is 62.7 Å². The molecule has 5 heteroatoms. The Bertz CT molecular complexity index is 560. The highest BCUT2D eigenvalue weighted by atomic mass is 16.5. The van der Waals surface area contributed by atoms with E-state index in [2.05, 4.69) is 29.1 Å². The van der Waals surface area contributed by atoms with Crippen molar-refractivity contribution in [3.63, 3.8) is 0 Å². The molecule has 0 aromatic heterocycles. The molecule has 0 atom stereocenters. The second-order valence-corrected chi connectivity index (χ2v) is 4.85. The molecule has 148 valence electrons. The standard InChI is InChI=1S/C10H13N3O.C6H12O.C5H8.2H2/c1-8(14)12-10(11-2)13-9-6-4-3-5-7-9;1-3-5-7-6-4-2;1-3-5-4-2;;/h3-7H,1-2H3,(H2,11,12,13,14);3,5H,4,6H2,1-2H3;3-5H,1H2,2H3;2*1H/b;5-3+;5-4-;;. The summed E-state index contributed by atoms with van der Waals surface area (Å²) in [6.07, 6.45) is 10.3. The summed E-state index contributed by atoms with van der Waals surface area (Å²) in [6.45, 7) is 11.7. The molecule has 1 aromatic carbocycles. The minimum atomic E-state index is -0.144. The van der Waals surface area contributed by atoms with Crippen LogP contribution in [0.5, 0.6) is 0 Å². The number of para-hydroxylation sites is 1. The Balaban J connectivity index is -0.000000175. The van der Waals surface area contributed by atoms with Gasteiger partial charge in [0, 0.05) is 22.5 Å². The van der Waals surface area contributed by atoms with Crippen molar-refractivity contribution >= 4 is 17.6 Å². The van der Waals surface area contributed by atoms with Crippen molar-refractivity contribution < 1.29 is 12.4 Å². The number of hydrogen-bond acceptors (Lipinski definition) is 3. The summed E-state index contributed by atoms with van der Waals surface area (Å²) in [5.41, 5.74) is 0.891. The van der Waals surface area contributed by atoms with Crippen LogP contribution in [-0.2, 0) is 9.53 Å². The maximum Gasteiger partial charge on any atom is 0.223 e. The summed E-state index contributed by atoms with van der Waals surface area (Å²) in [5.74, 6) is 0.303. The number of amides is 1. The minimum Gasteiger partial charge on any atom is -0.502 e. The quantitative estimate of drug-likeness (QED) is 0.242. The van der Waals surface area contributed by atoms with Crippen molar-refractivity contribution in [1.82, 2.24) is 5.32 Å². The molecule has 0 aliphatic rings. The Morgan fingerprint density at radius 2 is 1.92 bits per heavy atom. The Morgan fingerprint density at radius 3 is 2.31 bits per heavy atom.